The number of phosphoric ester groups is 2. The first-order chi connectivity index (χ1) is 45.1. The zero-order valence-corrected chi connectivity index (χ0v) is 63.4. The molecule has 94 heavy (non-hydrogen) atoms. The highest BCUT2D eigenvalue weighted by atomic mass is 31.2. The lowest BCUT2D eigenvalue weighted by Gasteiger charge is -2.21. The monoisotopic (exact) mass is 1380 g/mol. The van der Waals surface area contributed by atoms with Gasteiger partial charge in [-0.15, -0.1) is 0 Å². The minimum absolute atomic E-state index is 0.105. The predicted octanol–water partition coefficient (Wildman–Crippen LogP) is 21.7. The van der Waals surface area contributed by atoms with Crippen LogP contribution in [-0.4, -0.2) is 96.7 Å². The Morgan fingerprint density at radius 3 is 0.660 bits per heavy atom. The van der Waals surface area contributed by atoms with Gasteiger partial charge in [0.05, 0.1) is 26.4 Å². The van der Waals surface area contributed by atoms with Crippen molar-refractivity contribution in [3.05, 3.63) is 0 Å². The quantitative estimate of drug-likeness (QED) is 0.0222. The van der Waals surface area contributed by atoms with Gasteiger partial charge >= 0.3 is 39.5 Å². The number of phosphoric acid groups is 2. The van der Waals surface area contributed by atoms with Crippen molar-refractivity contribution in [1.82, 2.24) is 0 Å². The van der Waals surface area contributed by atoms with Crippen LogP contribution in [-0.2, 0) is 65.4 Å². The number of hydrogen-bond acceptors (Lipinski definition) is 15. The second kappa shape index (κ2) is 64.4. The van der Waals surface area contributed by atoms with Crippen molar-refractivity contribution in [3.8, 4) is 0 Å². The Kier molecular flexibility index (Phi) is 63.1. The maximum Gasteiger partial charge on any atom is 0.472 e. The van der Waals surface area contributed by atoms with Gasteiger partial charge in [0, 0.05) is 25.7 Å². The molecule has 558 valence electrons. The van der Waals surface area contributed by atoms with Crippen LogP contribution in [0.3, 0.4) is 0 Å². The average Bonchev–Trinajstić information content (AvgIpc) is 3.46. The first-order valence-electron chi connectivity index (χ1n) is 38.7. The molecule has 0 aliphatic rings. The number of aliphatic hydroxyl groups is 1. The van der Waals surface area contributed by atoms with Crippen LogP contribution in [0.4, 0.5) is 0 Å². The molecular formula is C75H146O17P2. The summed E-state index contributed by atoms with van der Waals surface area (Å²) < 4.78 is 68.5. The molecular weight excluding hydrogens is 1230 g/mol. The molecule has 3 unspecified atom stereocenters. The molecule has 0 heterocycles. The Morgan fingerprint density at radius 1 is 0.266 bits per heavy atom. The number of esters is 4. The molecule has 0 aromatic carbocycles. The number of carbonyl (C=O) groups is 4. The van der Waals surface area contributed by atoms with Gasteiger partial charge in [-0.25, -0.2) is 9.13 Å². The van der Waals surface area contributed by atoms with Gasteiger partial charge in [0.1, 0.15) is 19.3 Å². The molecule has 0 fully saturated rings. The van der Waals surface area contributed by atoms with Crippen molar-refractivity contribution < 1.29 is 80.2 Å². The molecule has 3 N–H and O–H groups in total. The molecule has 5 atom stereocenters. The van der Waals surface area contributed by atoms with Crippen LogP contribution in [0, 0.1) is 23.7 Å². The highest BCUT2D eigenvalue weighted by molar-refractivity contribution is 7.47. The molecule has 0 amide bonds. The van der Waals surface area contributed by atoms with Crippen LogP contribution in [0.5, 0.6) is 0 Å². The summed E-state index contributed by atoms with van der Waals surface area (Å²) in [6.45, 7) is 14.2. The van der Waals surface area contributed by atoms with E-state index in [1.165, 1.54) is 173 Å². The van der Waals surface area contributed by atoms with Crippen LogP contribution < -0.4 is 0 Å². The normalized spacial score (nSPS) is 14.2. The maximum atomic E-state index is 13.1. The van der Waals surface area contributed by atoms with E-state index in [1.807, 2.05) is 0 Å². The van der Waals surface area contributed by atoms with Crippen LogP contribution in [0.1, 0.15) is 376 Å². The first kappa shape index (κ1) is 92.1. The summed E-state index contributed by atoms with van der Waals surface area (Å²) in [5.41, 5.74) is 0. The Bertz CT molecular complexity index is 1850. The summed E-state index contributed by atoms with van der Waals surface area (Å²) in [7, 11) is -9.91. The summed E-state index contributed by atoms with van der Waals surface area (Å²) in [5, 5.41) is 10.6. The van der Waals surface area contributed by atoms with Gasteiger partial charge in [-0.05, 0) is 49.4 Å². The number of rotatable bonds is 72. The lowest BCUT2D eigenvalue weighted by Crippen LogP contribution is -2.30. The summed E-state index contributed by atoms with van der Waals surface area (Å²) in [6, 6.07) is 0. The van der Waals surface area contributed by atoms with E-state index in [1.54, 1.807) is 0 Å². The van der Waals surface area contributed by atoms with Crippen molar-refractivity contribution in [2.75, 3.05) is 39.6 Å². The number of hydrogen-bond donors (Lipinski definition) is 3. The Labute approximate surface area is 575 Å². The minimum Gasteiger partial charge on any atom is -0.462 e. The van der Waals surface area contributed by atoms with Gasteiger partial charge in [0.2, 0.25) is 0 Å². The molecule has 0 aromatic heterocycles. The molecule has 0 rings (SSSR count). The minimum atomic E-state index is -4.96. The fourth-order valence-electron chi connectivity index (χ4n) is 11.4. The number of unbranched alkanes of at least 4 members (excludes halogenated alkanes) is 38. The van der Waals surface area contributed by atoms with Gasteiger partial charge in [0.15, 0.2) is 12.2 Å². The maximum absolute atomic E-state index is 13.1. The van der Waals surface area contributed by atoms with E-state index in [-0.39, 0.29) is 25.7 Å². The highest BCUT2D eigenvalue weighted by Crippen LogP contribution is 2.45. The van der Waals surface area contributed by atoms with Gasteiger partial charge in [-0.2, -0.15) is 0 Å². The third-order valence-corrected chi connectivity index (χ3v) is 19.2. The van der Waals surface area contributed by atoms with E-state index >= 15 is 0 Å². The molecule has 0 bridgehead atoms. The number of aliphatic hydroxyl groups excluding tert-OH is 1. The van der Waals surface area contributed by atoms with E-state index in [4.69, 9.17) is 37.0 Å². The van der Waals surface area contributed by atoms with Crippen molar-refractivity contribution in [3.63, 3.8) is 0 Å². The van der Waals surface area contributed by atoms with Crippen LogP contribution in [0.25, 0.3) is 0 Å². The zero-order chi connectivity index (χ0) is 69.6. The third-order valence-electron chi connectivity index (χ3n) is 17.3. The van der Waals surface area contributed by atoms with Crippen molar-refractivity contribution in [2.24, 2.45) is 23.7 Å². The fourth-order valence-corrected chi connectivity index (χ4v) is 13.0. The van der Waals surface area contributed by atoms with Crippen LogP contribution >= 0.6 is 15.6 Å². The number of carbonyl (C=O) groups excluding carboxylic acids is 4. The first-order valence-corrected chi connectivity index (χ1v) is 41.7. The predicted molar refractivity (Wildman–Crippen MR) is 381 cm³/mol. The van der Waals surface area contributed by atoms with E-state index < -0.39 is 97.5 Å². The molecule has 0 aromatic rings. The van der Waals surface area contributed by atoms with Crippen molar-refractivity contribution in [1.29, 1.82) is 0 Å². The second-order valence-corrected chi connectivity index (χ2v) is 31.9. The van der Waals surface area contributed by atoms with Gasteiger partial charge in [-0.3, -0.25) is 37.3 Å². The summed E-state index contributed by atoms with van der Waals surface area (Å²) in [5.74, 6) is 0.899. The van der Waals surface area contributed by atoms with E-state index in [9.17, 15) is 43.2 Å². The Morgan fingerprint density at radius 2 is 0.447 bits per heavy atom. The SMILES string of the molecule is CC(C)CCCCCCCCCCCCCCCCC(=O)OC[C@H](COP(=O)(O)OCC(O)COP(=O)(O)OC[C@@H](COC(=O)CCCCCCCCCC(C)C)OC(=O)CCCCCCCCCCCCCC(C)C)OC(=O)CCCCCCCCCCCCC(C)C. The van der Waals surface area contributed by atoms with Crippen molar-refractivity contribution in [2.45, 2.75) is 395 Å². The summed E-state index contributed by atoms with van der Waals surface area (Å²) >= 11 is 0. The Hall–Kier alpha value is -1.94. The lowest BCUT2D eigenvalue weighted by molar-refractivity contribution is -0.161. The number of ether oxygens (including phenoxy) is 4. The highest BCUT2D eigenvalue weighted by Gasteiger charge is 2.30. The second-order valence-electron chi connectivity index (χ2n) is 28.9. The molecule has 17 nitrogen and oxygen atoms in total. The average molecular weight is 1380 g/mol. The fraction of sp³-hybridized carbons (Fsp3) is 0.947. The van der Waals surface area contributed by atoms with Gasteiger partial charge < -0.3 is 33.8 Å². The largest absolute Gasteiger partial charge is 0.472 e. The topological polar surface area (TPSA) is 237 Å². The van der Waals surface area contributed by atoms with Crippen LogP contribution in [0.2, 0.25) is 0 Å². The van der Waals surface area contributed by atoms with Crippen LogP contribution in [0.15, 0.2) is 0 Å². The van der Waals surface area contributed by atoms with E-state index in [0.29, 0.717) is 31.6 Å². The molecule has 19 heteroatoms. The molecule has 0 aliphatic heterocycles. The molecule has 0 aliphatic carbocycles. The standard InChI is InChI=1S/C75H146O17P2/c1-65(2)51-43-35-27-20-14-11-9-10-12-16-23-31-39-47-55-72(77)85-61-70(91-75(80)58-50-42-33-25-19-18-22-29-37-45-53-67(5)6)63-89-93(81,82)87-59-69(76)60-88-94(83,84)90-64-71(62-86-73(78)56-48-40-34-26-30-38-46-54-68(7)8)92-74(79)57-49-41-32-24-17-13-15-21-28-36-44-52-66(3)4/h65-71,76H,9-64H2,1-8H3,(H,81,82)(H,83,84)/t69?,70-,71-/m1/s1. The summed E-state index contributed by atoms with van der Waals surface area (Å²) in [6.07, 6.45) is 48.6. The summed E-state index contributed by atoms with van der Waals surface area (Å²) in [4.78, 5) is 72.8. The molecule has 0 radical (unpaired) electrons. The lowest BCUT2D eigenvalue weighted by atomic mass is 10.0. The smallest absolute Gasteiger partial charge is 0.462 e. The van der Waals surface area contributed by atoms with Crippen molar-refractivity contribution >= 4 is 39.5 Å². The third kappa shape index (κ3) is 68.6. The molecule has 0 saturated heterocycles. The molecule has 0 spiro atoms. The van der Waals surface area contributed by atoms with Gasteiger partial charge in [0.25, 0.3) is 0 Å². The molecule has 0 saturated carbocycles. The Balaban J connectivity index is 5.24. The van der Waals surface area contributed by atoms with Gasteiger partial charge in [-0.1, -0.05) is 325 Å². The zero-order valence-electron chi connectivity index (χ0n) is 61.6. The van der Waals surface area contributed by atoms with E-state index in [0.717, 1.165) is 114 Å². The van der Waals surface area contributed by atoms with E-state index in [2.05, 4.69) is 55.4 Å².